The molecule has 0 amide bonds. The molecule has 0 spiro atoms. The lowest BCUT2D eigenvalue weighted by atomic mass is 9.95. The van der Waals surface area contributed by atoms with E-state index in [9.17, 15) is 0 Å². The van der Waals surface area contributed by atoms with Crippen molar-refractivity contribution in [1.82, 2.24) is 9.13 Å². The fourth-order valence-electron chi connectivity index (χ4n) is 9.18. The number of aromatic nitrogens is 2. The van der Waals surface area contributed by atoms with Crippen molar-refractivity contribution in [1.29, 1.82) is 0 Å². The van der Waals surface area contributed by atoms with Crippen molar-refractivity contribution in [2.24, 2.45) is 0 Å². The molecule has 3 nitrogen and oxygen atoms in total. The third-order valence-electron chi connectivity index (χ3n) is 11.8. The maximum atomic E-state index is 6.18. The maximum Gasteiger partial charge on any atom is 0.127 e. The molecule has 2 aromatic heterocycles. The van der Waals surface area contributed by atoms with E-state index in [-0.39, 0.29) is 0 Å². The number of para-hydroxylation sites is 2. The molecule has 1 aliphatic rings. The van der Waals surface area contributed by atoms with Crippen LogP contribution in [0.1, 0.15) is 5.56 Å². The van der Waals surface area contributed by atoms with Gasteiger partial charge < -0.3 is 13.9 Å². The Morgan fingerprint density at radius 1 is 0.375 bits per heavy atom. The van der Waals surface area contributed by atoms with Crippen LogP contribution in [-0.2, 0) is 6.61 Å². The first kappa shape index (κ1) is 31.0. The number of hydrogen-bond acceptors (Lipinski definition) is 1. The number of hydrogen-bond donors (Lipinski definition) is 0. The highest BCUT2D eigenvalue weighted by atomic mass is 16.5. The molecule has 0 unspecified atom stereocenters. The predicted molar refractivity (Wildman–Crippen MR) is 233 cm³/mol. The molecule has 0 aliphatic carbocycles. The van der Waals surface area contributed by atoms with Gasteiger partial charge in [0.1, 0.15) is 12.4 Å². The smallest absolute Gasteiger partial charge is 0.127 e. The summed E-state index contributed by atoms with van der Waals surface area (Å²) in [4.78, 5) is 0. The summed E-state index contributed by atoms with van der Waals surface area (Å²) < 4.78 is 11.1. The van der Waals surface area contributed by atoms with Gasteiger partial charge in [-0.1, -0.05) is 133 Å². The topological polar surface area (TPSA) is 19.1 Å². The van der Waals surface area contributed by atoms with Crippen LogP contribution < -0.4 is 4.74 Å². The van der Waals surface area contributed by atoms with Crippen LogP contribution in [0.4, 0.5) is 0 Å². The molecular weight excluding hydrogens is 681 g/mol. The molecule has 3 heterocycles. The van der Waals surface area contributed by atoms with Crippen LogP contribution in [0.3, 0.4) is 0 Å². The van der Waals surface area contributed by atoms with E-state index < -0.39 is 0 Å². The van der Waals surface area contributed by atoms with Gasteiger partial charge >= 0.3 is 0 Å². The summed E-state index contributed by atoms with van der Waals surface area (Å²) in [5.41, 5.74) is 15.5. The number of rotatable bonds is 4. The summed E-state index contributed by atoms with van der Waals surface area (Å²) in [6.07, 6.45) is 0. The molecule has 0 saturated heterocycles. The minimum absolute atomic E-state index is 0.563. The SMILES string of the molecule is c1ccc(-c2ccc3c(c2)c2ccc(-c4ccc5c(c4)c4ccccc4n5-c4cccc5c4-c4ccccc4OC5)cc2n3-c2ccc3ccccc3c2)cc1. The highest BCUT2D eigenvalue weighted by Crippen LogP contribution is 2.44. The number of nitrogens with zero attached hydrogens (tertiary/aromatic N) is 2. The number of benzene rings is 9. The molecular formula is C53H34N2O. The van der Waals surface area contributed by atoms with Crippen LogP contribution in [0.25, 0.3) is 99.1 Å². The Kier molecular flexibility index (Phi) is 6.69. The minimum Gasteiger partial charge on any atom is -0.488 e. The van der Waals surface area contributed by atoms with E-state index >= 15 is 0 Å². The Morgan fingerprint density at radius 2 is 1.04 bits per heavy atom. The van der Waals surface area contributed by atoms with Crippen LogP contribution in [0, 0.1) is 0 Å². The molecule has 3 heteroatoms. The first-order chi connectivity index (χ1) is 27.8. The lowest BCUT2D eigenvalue weighted by molar-refractivity contribution is 0.302. The molecule has 0 fully saturated rings. The molecule has 262 valence electrons. The third kappa shape index (κ3) is 4.64. The van der Waals surface area contributed by atoms with Crippen molar-refractivity contribution in [2.45, 2.75) is 6.61 Å². The van der Waals surface area contributed by atoms with Crippen LogP contribution in [0.15, 0.2) is 194 Å². The first-order valence-electron chi connectivity index (χ1n) is 19.3. The van der Waals surface area contributed by atoms with E-state index in [1.165, 1.54) is 93.5 Å². The normalized spacial score (nSPS) is 12.4. The first-order valence-corrected chi connectivity index (χ1v) is 19.3. The molecule has 9 aromatic carbocycles. The Balaban J connectivity index is 1.07. The second-order valence-electron chi connectivity index (χ2n) is 14.9. The second kappa shape index (κ2) is 12.1. The highest BCUT2D eigenvalue weighted by Gasteiger charge is 2.23. The van der Waals surface area contributed by atoms with Gasteiger partial charge in [-0.05, 0) is 99.3 Å². The van der Waals surface area contributed by atoms with Crippen molar-refractivity contribution < 1.29 is 4.74 Å². The van der Waals surface area contributed by atoms with Crippen molar-refractivity contribution in [3.8, 4) is 50.5 Å². The Hall–Kier alpha value is -7.36. The molecule has 0 radical (unpaired) electrons. The van der Waals surface area contributed by atoms with Gasteiger partial charge in [0.05, 0.1) is 27.8 Å². The fourth-order valence-corrected chi connectivity index (χ4v) is 9.18. The number of ether oxygens (including phenoxy) is 1. The van der Waals surface area contributed by atoms with Crippen LogP contribution >= 0.6 is 0 Å². The average molecular weight is 715 g/mol. The van der Waals surface area contributed by atoms with E-state index in [0.29, 0.717) is 6.61 Å². The van der Waals surface area contributed by atoms with Gasteiger partial charge in [0.15, 0.2) is 0 Å². The average Bonchev–Trinajstić information content (AvgIpc) is 3.78. The zero-order valence-corrected chi connectivity index (χ0v) is 30.5. The molecule has 0 N–H and O–H groups in total. The van der Waals surface area contributed by atoms with Crippen LogP contribution in [0.5, 0.6) is 5.75 Å². The Labute approximate surface area is 323 Å². The highest BCUT2D eigenvalue weighted by molar-refractivity contribution is 6.13. The maximum absolute atomic E-state index is 6.18. The lowest BCUT2D eigenvalue weighted by Crippen LogP contribution is -2.08. The fraction of sp³-hybridized carbons (Fsp3) is 0.0189. The second-order valence-corrected chi connectivity index (χ2v) is 14.9. The molecule has 0 saturated carbocycles. The summed E-state index contributed by atoms with van der Waals surface area (Å²) in [7, 11) is 0. The predicted octanol–water partition coefficient (Wildman–Crippen LogP) is 13.9. The molecule has 1 aliphatic heterocycles. The summed E-state index contributed by atoms with van der Waals surface area (Å²) in [6, 6.07) is 70.8. The largest absolute Gasteiger partial charge is 0.488 e. The van der Waals surface area contributed by atoms with Gasteiger partial charge in [0.2, 0.25) is 0 Å². The third-order valence-corrected chi connectivity index (χ3v) is 11.8. The monoisotopic (exact) mass is 714 g/mol. The van der Waals surface area contributed by atoms with E-state index in [1.807, 2.05) is 0 Å². The van der Waals surface area contributed by atoms with E-state index in [1.54, 1.807) is 0 Å². The van der Waals surface area contributed by atoms with Gasteiger partial charge in [0.25, 0.3) is 0 Å². The Bertz CT molecular complexity index is 3370. The zero-order valence-electron chi connectivity index (χ0n) is 30.5. The standard InChI is InChI=1S/C53H34N2O/c1-2-11-34(12-3-1)37-23-27-48-46(30-37)43-26-22-39(32-51(43)54(48)41-25-21-35-13-4-5-14-36(35)29-41)38-24-28-49-45(31-38)42-16-6-8-18-47(42)55(49)50-19-10-15-40-33-56-52-20-9-7-17-44(52)53(40)50/h1-32H,33H2. The molecule has 12 rings (SSSR count). The van der Waals surface area contributed by atoms with Gasteiger partial charge in [0, 0.05) is 38.4 Å². The van der Waals surface area contributed by atoms with Crippen LogP contribution in [0.2, 0.25) is 0 Å². The van der Waals surface area contributed by atoms with E-state index in [0.717, 1.165) is 17.0 Å². The molecule has 0 atom stereocenters. The van der Waals surface area contributed by atoms with Crippen molar-refractivity contribution in [3.05, 3.63) is 200 Å². The van der Waals surface area contributed by atoms with E-state index in [4.69, 9.17) is 4.74 Å². The summed E-state index contributed by atoms with van der Waals surface area (Å²) >= 11 is 0. The Morgan fingerprint density at radius 3 is 1.91 bits per heavy atom. The van der Waals surface area contributed by atoms with Gasteiger partial charge in [-0.25, -0.2) is 0 Å². The van der Waals surface area contributed by atoms with Gasteiger partial charge in [-0.15, -0.1) is 0 Å². The zero-order chi connectivity index (χ0) is 36.7. The summed E-state index contributed by atoms with van der Waals surface area (Å²) in [5, 5.41) is 7.43. The van der Waals surface area contributed by atoms with Gasteiger partial charge in [-0.3, -0.25) is 0 Å². The van der Waals surface area contributed by atoms with Crippen molar-refractivity contribution >= 4 is 54.4 Å². The minimum atomic E-state index is 0.563. The number of fused-ring (bicyclic) bond motifs is 10. The van der Waals surface area contributed by atoms with Crippen molar-refractivity contribution in [2.75, 3.05) is 0 Å². The van der Waals surface area contributed by atoms with Gasteiger partial charge in [-0.2, -0.15) is 0 Å². The van der Waals surface area contributed by atoms with Crippen molar-refractivity contribution in [3.63, 3.8) is 0 Å². The molecule has 0 bridgehead atoms. The molecule has 56 heavy (non-hydrogen) atoms. The summed E-state index contributed by atoms with van der Waals surface area (Å²) in [6.45, 7) is 0.563. The summed E-state index contributed by atoms with van der Waals surface area (Å²) in [5.74, 6) is 0.934. The lowest BCUT2D eigenvalue weighted by Gasteiger charge is -2.24. The molecule has 11 aromatic rings. The van der Waals surface area contributed by atoms with Crippen LogP contribution in [-0.4, -0.2) is 9.13 Å². The van der Waals surface area contributed by atoms with E-state index in [2.05, 4.69) is 203 Å². The quantitative estimate of drug-likeness (QED) is 0.178.